The molecular weight excluding hydrogens is 344 g/mol. The number of hydrogen-bond acceptors (Lipinski definition) is 4. The number of fused-ring (bicyclic) bond motifs is 1. The second-order valence-electron chi connectivity index (χ2n) is 7.50. The zero-order valence-corrected chi connectivity index (χ0v) is 16.0. The summed E-state index contributed by atoms with van der Waals surface area (Å²) in [4.78, 5) is 26.2. The predicted molar refractivity (Wildman–Crippen MR) is 104 cm³/mol. The van der Waals surface area contributed by atoms with E-state index < -0.39 is 11.7 Å². The zero-order valence-electron chi connectivity index (χ0n) is 16.0. The Bertz CT molecular complexity index is 871. The molecule has 2 aromatic carbocycles. The van der Waals surface area contributed by atoms with Crippen LogP contribution in [0, 0.1) is 6.92 Å². The molecule has 0 bridgehead atoms. The van der Waals surface area contributed by atoms with Crippen molar-refractivity contribution in [1.29, 1.82) is 0 Å². The first-order chi connectivity index (χ1) is 12.7. The van der Waals surface area contributed by atoms with E-state index in [4.69, 9.17) is 9.47 Å². The monoisotopic (exact) mass is 368 g/mol. The lowest BCUT2D eigenvalue weighted by molar-refractivity contribution is -0.121. The number of nitrogens with one attached hydrogen (secondary N) is 1. The Kier molecular flexibility index (Phi) is 5.08. The third-order valence-electron chi connectivity index (χ3n) is 4.14. The van der Waals surface area contributed by atoms with E-state index in [1.165, 1.54) is 0 Å². The average molecular weight is 368 g/mol. The van der Waals surface area contributed by atoms with Crippen molar-refractivity contribution in [3.8, 4) is 5.75 Å². The van der Waals surface area contributed by atoms with Gasteiger partial charge in [-0.1, -0.05) is 24.3 Å². The second kappa shape index (κ2) is 7.31. The summed E-state index contributed by atoms with van der Waals surface area (Å²) in [5.41, 5.74) is 2.75. The fourth-order valence-electron chi connectivity index (χ4n) is 2.83. The summed E-state index contributed by atoms with van der Waals surface area (Å²) in [6.45, 7) is 7.86. The van der Waals surface area contributed by atoms with Crippen molar-refractivity contribution < 1.29 is 19.1 Å². The lowest BCUT2D eigenvalue weighted by Crippen LogP contribution is -2.38. The SMILES string of the molecule is Cc1ccccc1CN1C(=O)COc2ccc(NC(=O)OC(C)(C)C)cc21. The Labute approximate surface area is 159 Å². The molecule has 2 amide bonds. The highest BCUT2D eigenvalue weighted by molar-refractivity contribution is 5.99. The molecule has 0 radical (unpaired) electrons. The van der Waals surface area contributed by atoms with Crippen molar-refractivity contribution in [1.82, 2.24) is 0 Å². The van der Waals surface area contributed by atoms with Gasteiger partial charge in [0.05, 0.1) is 12.2 Å². The molecule has 6 nitrogen and oxygen atoms in total. The van der Waals surface area contributed by atoms with Gasteiger partial charge in [-0.2, -0.15) is 0 Å². The van der Waals surface area contributed by atoms with Crippen LogP contribution in [0.4, 0.5) is 16.2 Å². The number of rotatable bonds is 3. The molecule has 1 aliphatic rings. The lowest BCUT2D eigenvalue weighted by atomic mass is 10.1. The quantitative estimate of drug-likeness (QED) is 0.879. The number of hydrogen-bond donors (Lipinski definition) is 1. The summed E-state index contributed by atoms with van der Waals surface area (Å²) < 4.78 is 10.8. The van der Waals surface area contributed by atoms with Crippen molar-refractivity contribution in [2.45, 2.75) is 39.8 Å². The number of aryl methyl sites for hydroxylation is 1. The van der Waals surface area contributed by atoms with E-state index in [9.17, 15) is 9.59 Å². The van der Waals surface area contributed by atoms with Gasteiger partial charge >= 0.3 is 6.09 Å². The largest absolute Gasteiger partial charge is 0.482 e. The van der Waals surface area contributed by atoms with Crippen LogP contribution in [-0.2, 0) is 16.1 Å². The zero-order chi connectivity index (χ0) is 19.6. The Hall–Kier alpha value is -3.02. The molecule has 0 spiro atoms. The van der Waals surface area contributed by atoms with Crippen LogP contribution in [0.1, 0.15) is 31.9 Å². The Morgan fingerprint density at radius 3 is 2.67 bits per heavy atom. The molecular formula is C21H24N2O4. The van der Waals surface area contributed by atoms with Crippen molar-refractivity contribution in [2.75, 3.05) is 16.8 Å². The maximum Gasteiger partial charge on any atom is 0.412 e. The van der Waals surface area contributed by atoms with Crippen molar-refractivity contribution >= 4 is 23.4 Å². The van der Waals surface area contributed by atoms with Crippen molar-refractivity contribution in [3.63, 3.8) is 0 Å². The highest BCUT2D eigenvalue weighted by Gasteiger charge is 2.27. The molecule has 2 aromatic rings. The molecule has 0 saturated heterocycles. The minimum absolute atomic E-state index is 0.00226. The molecule has 1 N–H and O–H groups in total. The van der Waals surface area contributed by atoms with Gasteiger partial charge < -0.3 is 14.4 Å². The van der Waals surface area contributed by atoms with Crippen LogP contribution in [0.2, 0.25) is 0 Å². The maximum absolute atomic E-state index is 12.5. The fourth-order valence-corrected chi connectivity index (χ4v) is 2.83. The van der Waals surface area contributed by atoms with Crippen molar-refractivity contribution in [2.24, 2.45) is 0 Å². The van der Waals surface area contributed by atoms with Gasteiger partial charge in [-0.15, -0.1) is 0 Å². The highest BCUT2D eigenvalue weighted by atomic mass is 16.6. The molecule has 0 unspecified atom stereocenters. The van der Waals surface area contributed by atoms with Gasteiger partial charge in [-0.05, 0) is 57.0 Å². The lowest BCUT2D eigenvalue weighted by Gasteiger charge is -2.30. The van der Waals surface area contributed by atoms with Crippen LogP contribution in [-0.4, -0.2) is 24.2 Å². The maximum atomic E-state index is 12.5. The number of anilines is 2. The minimum atomic E-state index is -0.589. The molecule has 1 heterocycles. The number of benzene rings is 2. The standard InChI is InChI=1S/C21H24N2O4/c1-14-7-5-6-8-15(14)12-23-17-11-16(22-20(25)27-21(2,3)4)9-10-18(17)26-13-19(23)24/h5-11H,12-13H2,1-4H3,(H,22,25). The summed E-state index contributed by atoms with van der Waals surface area (Å²) in [6.07, 6.45) is -0.545. The topological polar surface area (TPSA) is 67.9 Å². The van der Waals surface area contributed by atoms with Crippen LogP contribution in [0.3, 0.4) is 0 Å². The first-order valence-corrected chi connectivity index (χ1v) is 8.85. The normalized spacial score (nSPS) is 13.6. The second-order valence-corrected chi connectivity index (χ2v) is 7.50. The van der Waals surface area contributed by atoms with Gasteiger partial charge in [0.15, 0.2) is 6.61 Å². The molecule has 0 atom stereocenters. The summed E-state index contributed by atoms with van der Waals surface area (Å²) in [5.74, 6) is 0.484. The van der Waals surface area contributed by atoms with E-state index in [1.54, 1.807) is 43.9 Å². The minimum Gasteiger partial charge on any atom is -0.482 e. The van der Waals surface area contributed by atoms with E-state index >= 15 is 0 Å². The third-order valence-corrected chi connectivity index (χ3v) is 4.14. The van der Waals surface area contributed by atoms with Crippen LogP contribution in [0.15, 0.2) is 42.5 Å². The molecule has 0 aromatic heterocycles. The Morgan fingerprint density at radius 2 is 1.96 bits per heavy atom. The average Bonchev–Trinajstić information content (AvgIpc) is 2.57. The summed E-state index contributed by atoms with van der Waals surface area (Å²) >= 11 is 0. The Morgan fingerprint density at radius 1 is 1.22 bits per heavy atom. The van der Waals surface area contributed by atoms with Gasteiger partial charge in [-0.3, -0.25) is 10.1 Å². The van der Waals surface area contributed by atoms with Crippen LogP contribution < -0.4 is 15.0 Å². The number of nitrogens with zero attached hydrogens (tertiary/aromatic N) is 1. The fraction of sp³-hybridized carbons (Fsp3) is 0.333. The molecule has 27 heavy (non-hydrogen) atoms. The molecule has 6 heteroatoms. The first kappa shape index (κ1) is 18.8. The van der Waals surface area contributed by atoms with Crippen LogP contribution in [0.5, 0.6) is 5.75 Å². The van der Waals surface area contributed by atoms with Gasteiger partial charge in [0.2, 0.25) is 0 Å². The number of ether oxygens (including phenoxy) is 2. The molecule has 0 saturated carbocycles. The van der Waals surface area contributed by atoms with E-state index in [0.717, 1.165) is 11.1 Å². The number of carbonyl (C=O) groups excluding carboxylic acids is 2. The number of amides is 2. The number of carbonyl (C=O) groups is 2. The molecule has 142 valence electrons. The van der Waals surface area contributed by atoms with E-state index in [-0.39, 0.29) is 12.5 Å². The van der Waals surface area contributed by atoms with E-state index in [0.29, 0.717) is 23.7 Å². The predicted octanol–water partition coefficient (Wildman–Crippen LogP) is 4.27. The summed E-state index contributed by atoms with van der Waals surface area (Å²) in [6, 6.07) is 13.1. The van der Waals surface area contributed by atoms with Gasteiger partial charge in [0, 0.05) is 5.69 Å². The Balaban J connectivity index is 1.86. The molecule has 0 aliphatic carbocycles. The smallest absolute Gasteiger partial charge is 0.412 e. The van der Waals surface area contributed by atoms with E-state index in [2.05, 4.69) is 5.32 Å². The van der Waals surface area contributed by atoms with Crippen LogP contribution in [0.25, 0.3) is 0 Å². The van der Waals surface area contributed by atoms with Gasteiger partial charge in [0.25, 0.3) is 5.91 Å². The van der Waals surface area contributed by atoms with E-state index in [1.807, 2.05) is 31.2 Å². The first-order valence-electron chi connectivity index (χ1n) is 8.85. The highest BCUT2D eigenvalue weighted by Crippen LogP contribution is 2.36. The van der Waals surface area contributed by atoms with Crippen LogP contribution >= 0.6 is 0 Å². The molecule has 3 rings (SSSR count). The molecule has 0 fully saturated rings. The third kappa shape index (κ3) is 4.58. The van der Waals surface area contributed by atoms with Crippen molar-refractivity contribution in [3.05, 3.63) is 53.6 Å². The van der Waals surface area contributed by atoms with Gasteiger partial charge in [-0.25, -0.2) is 4.79 Å². The summed E-state index contributed by atoms with van der Waals surface area (Å²) in [7, 11) is 0. The molecule has 1 aliphatic heterocycles. The summed E-state index contributed by atoms with van der Waals surface area (Å²) in [5, 5.41) is 2.70. The van der Waals surface area contributed by atoms with Gasteiger partial charge in [0.1, 0.15) is 11.4 Å².